The first-order chi connectivity index (χ1) is 8.71. The number of aliphatic carboxylic acids is 1. The third-order valence-corrected chi connectivity index (χ3v) is 3.02. The number of hydrogen-bond acceptors (Lipinski definition) is 2. The van der Waals surface area contributed by atoms with Crippen molar-refractivity contribution in [2.24, 2.45) is 0 Å². The van der Waals surface area contributed by atoms with Gasteiger partial charge in [0.2, 0.25) is 0 Å². The number of carbonyl (C=O) groups is 1. The predicted octanol–water partition coefficient (Wildman–Crippen LogP) is 3.18. The summed E-state index contributed by atoms with van der Waals surface area (Å²) in [6, 6.07) is 4.47. The summed E-state index contributed by atoms with van der Waals surface area (Å²) in [6.45, 7) is -0.0723. The molecule has 0 aromatic heterocycles. The van der Waals surface area contributed by atoms with Crippen LogP contribution in [-0.4, -0.2) is 35.2 Å². The molecule has 3 nitrogen and oxygen atoms in total. The van der Waals surface area contributed by atoms with Crippen LogP contribution in [0.5, 0.6) is 0 Å². The van der Waals surface area contributed by atoms with Crippen LogP contribution in [0.2, 0.25) is 5.02 Å². The summed E-state index contributed by atoms with van der Waals surface area (Å²) >= 11 is 5.87. The summed E-state index contributed by atoms with van der Waals surface area (Å²) < 4.78 is 38.4. The first-order valence-electron chi connectivity index (χ1n) is 5.44. The van der Waals surface area contributed by atoms with E-state index in [1.54, 1.807) is 24.3 Å². The highest BCUT2D eigenvalue weighted by molar-refractivity contribution is 6.31. The van der Waals surface area contributed by atoms with E-state index in [9.17, 15) is 18.0 Å². The Hall–Kier alpha value is -1.27. The van der Waals surface area contributed by atoms with Crippen molar-refractivity contribution in [1.29, 1.82) is 0 Å². The van der Waals surface area contributed by atoms with Crippen molar-refractivity contribution in [2.75, 3.05) is 7.05 Å². The van der Waals surface area contributed by atoms with Crippen molar-refractivity contribution < 1.29 is 23.1 Å². The van der Waals surface area contributed by atoms with Gasteiger partial charge in [-0.05, 0) is 18.7 Å². The van der Waals surface area contributed by atoms with Crippen molar-refractivity contribution in [1.82, 2.24) is 4.90 Å². The Labute approximate surface area is 113 Å². The number of nitrogens with zero attached hydrogens (tertiary/aromatic N) is 1. The number of carboxylic acids is 1. The molecular formula is C12H13ClF3NO2. The van der Waals surface area contributed by atoms with Crippen molar-refractivity contribution in [3.8, 4) is 0 Å². The minimum absolute atomic E-state index is 0.0723. The van der Waals surface area contributed by atoms with Gasteiger partial charge >= 0.3 is 12.1 Å². The van der Waals surface area contributed by atoms with E-state index in [-0.39, 0.29) is 6.54 Å². The zero-order chi connectivity index (χ0) is 14.6. The fourth-order valence-corrected chi connectivity index (χ4v) is 1.89. The smallest absolute Gasteiger partial charge is 0.404 e. The molecule has 0 spiro atoms. The van der Waals surface area contributed by atoms with Crippen molar-refractivity contribution in [2.45, 2.75) is 25.2 Å². The number of carboxylic acid groups (broad SMARTS) is 1. The van der Waals surface area contributed by atoms with Gasteiger partial charge in [-0.15, -0.1) is 0 Å². The molecule has 0 heterocycles. The number of benzene rings is 1. The second-order valence-corrected chi connectivity index (χ2v) is 4.57. The molecule has 1 unspecified atom stereocenters. The molecule has 1 N–H and O–H groups in total. The van der Waals surface area contributed by atoms with Crippen LogP contribution >= 0.6 is 11.6 Å². The predicted molar refractivity (Wildman–Crippen MR) is 65.0 cm³/mol. The Balaban J connectivity index is 2.86. The average Bonchev–Trinajstić information content (AvgIpc) is 2.27. The molecular weight excluding hydrogens is 283 g/mol. The molecule has 0 aliphatic rings. The van der Waals surface area contributed by atoms with Gasteiger partial charge in [-0.2, -0.15) is 13.2 Å². The Morgan fingerprint density at radius 1 is 1.42 bits per heavy atom. The summed E-state index contributed by atoms with van der Waals surface area (Å²) in [4.78, 5) is 11.5. The van der Waals surface area contributed by atoms with Crippen molar-refractivity contribution in [3.05, 3.63) is 34.9 Å². The van der Waals surface area contributed by atoms with Gasteiger partial charge in [0, 0.05) is 11.6 Å². The highest BCUT2D eigenvalue weighted by atomic mass is 35.5. The molecule has 1 aromatic carbocycles. The van der Waals surface area contributed by atoms with Crippen molar-refractivity contribution >= 4 is 17.6 Å². The lowest BCUT2D eigenvalue weighted by atomic mass is 10.1. The van der Waals surface area contributed by atoms with Gasteiger partial charge in [-0.3, -0.25) is 9.69 Å². The Kier molecular flexibility index (Phi) is 5.20. The van der Waals surface area contributed by atoms with E-state index in [2.05, 4.69) is 0 Å². The average molecular weight is 296 g/mol. The Morgan fingerprint density at radius 2 is 2.00 bits per heavy atom. The molecule has 1 aromatic rings. The van der Waals surface area contributed by atoms with E-state index in [1.807, 2.05) is 0 Å². The maximum absolute atomic E-state index is 12.8. The highest BCUT2D eigenvalue weighted by Crippen LogP contribution is 2.28. The topological polar surface area (TPSA) is 40.5 Å². The number of rotatable bonds is 5. The normalized spacial score (nSPS) is 13.6. The minimum atomic E-state index is -4.60. The molecule has 0 radical (unpaired) electrons. The van der Waals surface area contributed by atoms with E-state index >= 15 is 0 Å². The molecule has 0 fully saturated rings. The zero-order valence-electron chi connectivity index (χ0n) is 10.1. The molecule has 19 heavy (non-hydrogen) atoms. The van der Waals surface area contributed by atoms with E-state index < -0.39 is 24.6 Å². The summed E-state index contributed by atoms with van der Waals surface area (Å²) in [6.07, 6.45) is -5.60. The highest BCUT2D eigenvalue weighted by Gasteiger charge is 2.43. The second kappa shape index (κ2) is 6.25. The van der Waals surface area contributed by atoms with E-state index in [0.29, 0.717) is 10.6 Å². The van der Waals surface area contributed by atoms with Gasteiger partial charge in [0.05, 0.1) is 6.42 Å². The monoisotopic (exact) mass is 295 g/mol. The van der Waals surface area contributed by atoms with Crippen LogP contribution in [0.4, 0.5) is 13.2 Å². The lowest BCUT2D eigenvalue weighted by Gasteiger charge is -2.29. The minimum Gasteiger partial charge on any atom is -0.481 e. The van der Waals surface area contributed by atoms with Crippen molar-refractivity contribution in [3.63, 3.8) is 0 Å². The quantitative estimate of drug-likeness (QED) is 0.907. The summed E-state index contributed by atoms with van der Waals surface area (Å²) in [5, 5.41) is 8.92. The van der Waals surface area contributed by atoms with E-state index in [1.165, 1.54) is 7.05 Å². The number of hydrogen-bond donors (Lipinski definition) is 1. The van der Waals surface area contributed by atoms with E-state index in [0.717, 1.165) is 4.90 Å². The van der Waals surface area contributed by atoms with Crippen LogP contribution in [0.3, 0.4) is 0 Å². The molecule has 7 heteroatoms. The first-order valence-corrected chi connectivity index (χ1v) is 5.81. The summed E-state index contributed by atoms with van der Waals surface area (Å²) in [7, 11) is 1.23. The lowest BCUT2D eigenvalue weighted by Crippen LogP contribution is -2.44. The van der Waals surface area contributed by atoms with E-state index in [4.69, 9.17) is 16.7 Å². The maximum atomic E-state index is 12.8. The van der Waals surface area contributed by atoms with Crippen LogP contribution in [-0.2, 0) is 11.3 Å². The Morgan fingerprint density at radius 3 is 2.47 bits per heavy atom. The molecule has 0 saturated heterocycles. The number of alkyl halides is 3. The summed E-state index contributed by atoms with van der Waals surface area (Å²) in [5.74, 6) is -1.49. The molecule has 1 rings (SSSR count). The van der Waals surface area contributed by atoms with Gasteiger partial charge < -0.3 is 5.11 Å². The fraction of sp³-hybridized carbons (Fsp3) is 0.417. The third-order valence-electron chi connectivity index (χ3n) is 2.66. The van der Waals surface area contributed by atoms with Crippen LogP contribution in [0.25, 0.3) is 0 Å². The van der Waals surface area contributed by atoms with Crippen LogP contribution in [0.1, 0.15) is 12.0 Å². The molecule has 106 valence electrons. The third kappa shape index (κ3) is 4.72. The molecule has 0 bridgehead atoms. The van der Waals surface area contributed by atoms with Gasteiger partial charge in [0.1, 0.15) is 6.04 Å². The van der Waals surface area contributed by atoms with Gasteiger partial charge in [-0.1, -0.05) is 29.8 Å². The Bertz CT molecular complexity index is 451. The maximum Gasteiger partial charge on any atom is 0.404 e. The molecule has 0 amide bonds. The van der Waals surface area contributed by atoms with Gasteiger partial charge in [0.15, 0.2) is 0 Å². The summed E-state index contributed by atoms with van der Waals surface area (Å²) in [5.41, 5.74) is 0.520. The fourth-order valence-electron chi connectivity index (χ4n) is 1.69. The molecule has 1 atom stereocenters. The lowest BCUT2D eigenvalue weighted by molar-refractivity contribution is -0.188. The SMILES string of the molecule is CN(Cc1ccccc1Cl)C(CC(=O)O)C(F)(F)F. The van der Waals surface area contributed by atoms with Gasteiger partial charge in [-0.25, -0.2) is 0 Å². The molecule has 0 aliphatic heterocycles. The van der Waals surface area contributed by atoms with Crippen LogP contribution in [0.15, 0.2) is 24.3 Å². The molecule has 0 aliphatic carbocycles. The zero-order valence-corrected chi connectivity index (χ0v) is 10.9. The molecule has 0 saturated carbocycles. The first kappa shape index (κ1) is 15.8. The number of halogens is 4. The largest absolute Gasteiger partial charge is 0.481 e. The van der Waals surface area contributed by atoms with Crippen LogP contribution in [0, 0.1) is 0 Å². The van der Waals surface area contributed by atoms with Gasteiger partial charge in [0.25, 0.3) is 0 Å². The second-order valence-electron chi connectivity index (χ2n) is 4.16. The standard InChI is InChI=1S/C12H13ClF3NO2/c1-17(7-8-4-2-3-5-9(8)13)10(6-11(18)19)12(14,15)16/h2-5,10H,6-7H2,1H3,(H,18,19). The van der Waals surface area contributed by atoms with Crippen LogP contribution < -0.4 is 0 Å².